The predicted molar refractivity (Wildman–Crippen MR) is 68.6 cm³/mol. The van der Waals surface area contributed by atoms with Gasteiger partial charge in [-0.05, 0) is 17.7 Å². The molecule has 0 bridgehead atoms. The van der Waals surface area contributed by atoms with Gasteiger partial charge in [-0.15, -0.1) is 0 Å². The van der Waals surface area contributed by atoms with Gasteiger partial charge in [0.05, 0.1) is 16.9 Å². The first kappa shape index (κ1) is 12.0. The fourth-order valence-electron chi connectivity index (χ4n) is 1.71. The van der Waals surface area contributed by atoms with Gasteiger partial charge in [0.2, 0.25) is 5.91 Å². The number of amides is 1. The second kappa shape index (κ2) is 4.82. The molecule has 0 spiro atoms. The van der Waals surface area contributed by atoms with Crippen LogP contribution in [0.1, 0.15) is 6.42 Å². The first-order chi connectivity index (χ1) is 7.61. The van der Waals surface area contributed by atoms with E-state index in [0.29, 0.717) is 35.3 Å². The van der Waals surface area contributed by atoms with E-state index in [4.69, 9.17) is 23.2 Å². The zero-order valence-electron chi connectivity index (χ0n) is 8.36. The molecule has 1 fully saturated rings. The van der Waals surface area contributed by atoms with Crippen LogP contribution in [-0.2, 0) is 4.79 Å². The van der Waals surface area contributed by atoms with Crippen LogP contribution in [0, 0.1) is 5.92 Å². The van der Waals surface area contributed by atoms with Crippen LogP contribution in [-0.4, -0.2) is 23.2 Å². The van der Waals surface area contributed by atoms with Crippen molar-refractivity contribution in [2.45, 2.75) is 6.42 Å². The van der Waals surface area contributed by atoms with Crippen LogP contribution in [0.15, 0.2) is 12.3 Å². The number of aromatic nitrogens is 1. The predicted octanol–water partition coefficient (Wildman–Crippen LogP) is 2.67. The lowest BCUT2D eigenvalue weighted by Gasteiger charge is -2.16. The van der Waals surface area contributed by atoms with E-state index < -0.39 is 0 Å². The fraction of sp³-hybridized carbons (Fsp3) is 0.400. The maximum absolute atomic E-state index is 11.7. The maximum Gasteiger partial charge on any atom is 0.227 e. The molecular weight excluding hydrogens is 267 g/mol. The molecule has 1 unspecified atom stereocenters. The van der Waals surface area contributed by atoms with E-state index in [1.807, 2.05) is 0 Å². The topological polar surface area (TPSA) is 33.2 Å². The van der Waals surface area contributed by atoms with Crippen LogP contribution in [0.25, 0.3) is 0 Å². The number of hydrogen-bond acceptors (Lipinski definition) is 3. The molecule has 2 rings (SSSR count). The van der Waals surface area contributed by atoms with Crippen LogP contribution in [0.2, 0.25) is 10.2 Å². The molecule has 86 valence electrons. The Hall–Kier alpha value is -0.450. The molecule has 0 aromatic carbocycles. The van der Waals surface area contributed by atoms with Crippen LogP contribution in [0.4, 0.5) is 5.69 Å². The SMILES string of the molecule is O=C1CC(CS)CN1c1cnc(Cl)c(Cl)c1. The summed E-state index contributed by atoms with van der Waals surface area (Å²) < 4.78 is 0. The fourth-order valence-corrected chi connectivity index (χ4v) is 2.22. The van der Waals surface area contributed by atoms with Crippen molar-refractivity contribution in [3.05, 3.63) is 22.4 Å². The Kier molecular flexibility index (Phi) is 3.62. The van der Waals surface area contributed by atoms with Crippen LogP contribution < -0.4 is 4.90 Å². The summed E-state index contributed by atoms with van der Waals surface area (Å²) in [5.41, 5.74) is 0.698. The molecule has 6 heteroatoms. The van der Waals surface area contributed by atoms with Gasteiger partial charge in [-0.1, -0.05) is 23.2 Å². The number of carbonyl (C=O) groups is 1. The van der Waals surface area contributed by atoms with Crippen molar-refractivity contribution < 1.29 is 4.79 Å². The van der Waals surface area contributed by atoms with Crippen molar-refractivity contribution >= 4 is 47.4 Å². The Morgan fingerprint density at radius 3 is 2.88 bits per heavy atom. The molecule has 16 heavy (non-hydrogen) atoms. The highest BCUT2D eigenvalue weighted by Crippen LogP contribution is 2.29. The smallest absolute Gasteiger partial charge is 0.227 e. The molecule has 0 aliphatic carbocycles. The number of rotatable bonds is 2. The van der Waals surface area contributed by atoms with Crippen molar-refractivity contribution in [2.75, 3.05) is 17.2 Å². The van der Waals surface area contributed by atoms with E-state index in [2.05, 4.69) is 17.6 Å². The van der Waals surface area contributed by atoms with Gasteiger partial charge in [-0.2, -0.15) is 12.6 Å². The summed E-state index contributed by atoms with van der Waals surface area (Å²) in [7, 11) is 0. The summed E-state index contributed by atoms with van der Waals surface area (Å²) in [5.74, 6) is 1.08. The molecule has 1 saturated heterocycles. The Morgan fingerprint density at radius 1 is 1.56 bits per heavy atom. The Bertz CT molecular complexity index is 427. The zero-order valence-corrected chi connectivity index (χ0v) is 10.8. The highest BCUT2D eigenvalue weighted by Gasteiger charge is 2.30. The summed E-state index contributed by atoms with van der Waals surface area (Å²) in [6.07, 6.45) is 2.09. The zero-order chi connectivity index (χ0) is 11.7. The molecule has 3 nitrogen and oxygen atoms in total. The van der Waals surface area contributed by atoms with E-state index >= 15 is 0 Å². The lowest BCUT2D eigenvalue weighted by molar-refractivity contribution is -0.117. The van der Waals surface area contributed by atoms with Crippen molar-refractivity contribution in [1.82, 2.24) is 4.98 Å². The minimum Gasteiger partial charge on any atom is -0.311 e. The minimum atomic E-state index is 0.0826. The quantitative estimate of drug-likeness (QED) is 0.666. The number of halogens is 2. The first-order valence-electron chi connectivity index (χ1n) is 4.84. The highest BCUT2D eigenvalue weighted by molar-refractivity contribution is 7.80. The normalized spacial score (nSPS) is 20.6. The van der Waals surface area contributed by atoms with Crippen molar-refractivity contribution in [3.8, 4) is 0 Å². The van der Waals surface area contributed by atoms with Crippen LogP contribution in [0.3, 0.4) is 0 Å². The van der Waals surface area contributed by atoms with E-state index in [0.717, 1.165) is 0 Å². The molecule has 2 heterocycles. The minimum absolute atomic E-state index is 0.0826. The first-order valence-corrected chi connectivity index (χ1v) is 6.23. The lowest BCUT2D eigenvalue weighted by atomic mass is 10.1. The third-order valence-corrected chi connectivity index (χ3v) is 3.76. The molecule has 1 aliphatic heterocycles. The Morgan fingerprint density at radius 2 is 2.31 bits per heavy atom. The maximum atomic E-state index is 11.7. The van der Waals surface area contributed by atoms with Gasteiger partial charge in [0, 0.05) is 13.0 Å². The number of anilines is 1. The standard InChI is InChI=1S/C10H10Cl2N2OS/c11-8-2-7(3-13-10(8)12)14-4-6(5-16)1-9(14)15/h2-3,6,16H,1,4-5H2. The second-order valence-electron chi connectivity index (χ2n) is 3.72. The molecule has 1 amide bonds. The van der Waals surface area contributed by atoms with Gasteiger partial charge >= 0.3 is 0 Å². The van der Waals surface area contributed by atoms with Gasteiger partial charge in [0.15, 0.2) is 0 Å². The average Bonchev–Trinajstić information content (AvgIpc) is 2.64. The third-order valence-electron chi connectivity index (χ3n) is 2.56. The molecule has 1 atom stereocenters. The van der Waals surface area contributed by atoms with E-state index in [-0.39, 0.29) is 11.1 Å². The Balaban J connectivity index is 2.24. The summed E-state index contributed by atoms with van der Waals surface area (Å²) in [5, 5.41) is 0.615. The molecule has 1 aromatic heterocycles. The Labute approximate surface area is 109 Å². The van der Waals surface area contributed by atoms with Gasteiger partial charge in [0.1, 0.15) is 5.15 Å². The highest BCUT2D eigenvalue weighted by atomic mass is 35.5. The van der Waals surface area contributed by atoms with Crippen LogP contribution >= 0.6 is 35.8 Å². The van der Waals surface area contributed by atoms with Gasteiger partial charge < -0.3 is 4.90 Å². The number of carbonyl (C=O) groups excluding carboxylic acids is 1. The molecule has 1 aliphatic rings. The summed E-state index contributed by atoms with van der Waals surface area (Å²) in [6, 6.07) is 1.66. The summed E-state index contributed by atoms with van der Waals surface area (Å²) in [6.45, 7) is 0.669. The van der Waals surface area contributed by atoms with Gasteiger partial charge in [-0.3, -0.25) is 4.79 Å². The third kappa shape index (κ3) is 2.29. The molecular formula is C10H10Cl2N2OS. The molecule has 1 aromatic rings. The summed E-state index contributed by atoms with van der Waals surface area (Å²) >= 11 is 15.8. The molecule has 0 radical (unpaired) electrons. The summed E-state index contributed by atoms with van der Waals surface area (Å²) in [4.78, 5) is 17.3. The van der Waals surface area contributed by atoms with E-state index in [1.165, 1.54) is 0 Å². The number of thiol groups is 1. The lowest BCUT2D eigenvalue weighted by Crippen LogP contribution is -2.24. The van der Waals surface area contributed by atoms with Crippen molar-refractivity contribution in [1.29, 1.82) is 0 Å². The van der Waals surface area contributed by atoms with Crippen LogP contribution in [0.5, 0.6) is 0 Å². The van der Waals surface area contributed by atoms with Gasteiger partial charge in [-0.25, -0.2) is 4.98 Å². The second-order valence-corrected chi connectivity index (χ2v) is 4.85. The number of hydrogen-bond donors (Lipinski definition) is 1. The van der Waals surface area contributed by atoms with E-state index in [1.54, 1.807) is 17.2 Å². The van der Waals surface area contributed by atoms with Gasteiger partial charge in [0.25, 0.3) is 0 Å². The average molecular weight is 277 g/mol. The number of pyridine rings is 1. The van der Waals surface area contributed by atoms with Crippen molar-refractivity contribution in [3.63, 3.8) is 0 Å². The monoisotopic (exact) mass is 276 g/mol. The largest absolute Gasteiger partial charge is 0.311 e. The number of nitrogens with zero attached hydrogens (tertiary/aromatic N) is 2. The van der Waals surface area contributed by atoms with Crippen molar-refractivity contribution in [2.24, 2.45) is 5.92 Å². The molecule has 0 saturated carbocycles. The molecule has 0 N–H and O–H groups in total. The van der Waals surface area contributed by atoms with E-state index in [9.17, 15) is 4.79 Å².